The SMILES string of the molecule is O=C(NC1CCCC1)[C@@H](c1ccccc1F)N(Cc1ccccc1)C(=O)c1ccco1. The summed E-state index contributed by atoms with van der Waals surface area (Å²) in [6, 6.07) is 17.5. The minimum absolute atomic E-state index is 0.0408. The molecule has 2 aromatic carbocycles. The number of carbonyl (C=O) groups excluding carboxylic acids is 2. The summed E-state index contributed by atoms with van der Waals surface area (Å²) < 4.78 is 20.2. The third-order valence-corrected chi connectivity index (χ3v) is 5.65. The van der Waals surface area contributed by atoms with E-state index in [1.165, 1.54) is 17.2 Å². The highest BCUT2D eigenvalue weighted by Crippen LogP contribution is 2.29. The first-order chi connectivity index (χ1) is 15.1. The van der Waals surface area contributed by atoms with E-state index >= 15 is 0 Å². The quantitative estimate of drug-likeness (QED) is 0.594. The van der Waals surface area contributed by atoms with Gasteiger partial charge in [-0.05, 0) is 36.6 Å². The summed E-state index contributed by atoms with van der Waals surface area (Å²) in [6.45, 7) is 0.136. The molecule has 1 saturated carbocycles. The standard InChI is InChI=1S/C25H25FN2O3/c26-21-14-7-6-13-20(21)23(24(29)27-19-11-4-5-12-19)28(17-18-9-2-1-3-10-18)25(30)22-15-8-16-31-22/h1-3,6-10,13-16,19,23H,4-5,11-12,17H2,(H,27,29)/t23-/m1/s1. The Bertz CT molecular complexity index is 1010. The number of benzene rings is 2. The van der Waals surface area contributed by atoms with Crippen LogP contribution in [-0.2, 0) is 11.3 Å². The molecule has 1 aromatic heterocycles. The van der Waals surface area contributed by atoms with E-state index < -0.39 is 17.8 Å². The predicted molar refractivity (Wildman–Crippen MR) is 115 cm³/mol. The zero-order valence-electron chi connectivity index (χ0n) is 17.2. The zero-order chi connectivity index (χ0) is 21.6. The van der Waals surface area contributed by atoms with Crippen LogP contribution < -0.4 is 5.32 Å². The maximum Gasteiger partial charge on any atom is 0.290 e. The summed E-state index contributed by atoms with van der Waals surface area (Å²) >= 11 is 0. The highest BCUT2D eigenvalue weighted by Gasteiger charge is 2.36. The lowest BCUT2D eigenvalue weighted by Gasteiger charge is -2.32. The van der Waals surface area contributed by atoms with Gasteiger partial charge in [0, 0.05) is 18.2 Å². The normalized spacial score (nSPS) is 14.9. The van der Waals surface area contributed by atoms with E-state index in [-0.39, 0.29) is 29.8 Å². The maximum absolute atomic E-state index is 14.9. The minimum Gasteiger partial charge on any atom is -0.459 e. The van der Waals surface area contributed by atoms with Gasteiger partial charge in [-0.1, -0.05) is 61.4 Å². The molecule has 160 valence electrons. The topological polar surface area (TPSA) is 62.6 Å². The van der Waals surface area contributed by atoms with Gasteiger partial charge in [0.2, 0.25) is 5.91 Å². The smallest absolute Gasteiger partial charge is 0.290 e. The van der Waals surface area contributed by atoms with E-state index in [4.69, 9.17) is 4.42 Å². The summed E-state index contributed by atoms with van der Waals surface area (Å²) in [5, 5.41) is 3.04. The number of hydrogen-bond donors (Lipinski definition) is 1. The summed E-state index contributed by atoms with van der Waals surface area (Å²) in [4.78, 5) is 28.2. The van der Waals surface area contributed by atoms with E-state index in [0.717, 1.165) is 31.2 Å². The number of amides is 2. The Morgan fingerprint density at radius 1 is 1.00 bits per heavy atom. The first-order valence-corrected chi connectivity index (χ1v) is 10.6. The number of hydrogen-bond acceptors (Lipinski definition) is 3. The van der Waals surface area contributed by atoms with Gasteiger partial charge in [0.1, 0.15) is 11.9 Å². The van der Waals surface area contributed by atoms with Gasteiger partial charge in [-0.25, -0.2) is 4.39 Å². The second-order valence-corrected chi connectivity index (χ2v) is 7.81. The Morgan fingerprint density at radius 3 is 2.39 bits per heavy atom. The molecule has 3 aromatic rings. The fraction of sp³-hybridized carbons (Fsp3) is 0.280. The molecule has 0 unspecified atom stereocenters. The Balaban J connectivity index is 1.75. The monoisotopic (exact) mass is 420 g/mol. The predicted octanol–water partition coefficient (Wildman–Crippen LogP) is 4.86. The van der Waals surface area contributed by atoms with Crippen molar-refractivity contribution in [1.82, 2.24) is 10.2 Å². The van der Waals surface area contributed by atoms with Crippen LogP contribution in [0.15, 0.2) is 77.4 Å². The van der Waals surface area contributed by atoms with Gasteiger partial charge in [0.25, 0.3) is 5.91 Å². The molecule has 1 N–H and O–H groups in total. The van der Waals surface area contributed by atoms with Crippen LogP contribution in [-0.4, -0.2) is 22.8 Å². The van der Waals surface area contributed by atoms with Crippen molar-refractivity contribution in [2.75, 3.05) is 0 Å². The van der Waals surface area contributed by atoms with Crippen molar-refractivity contribution in [1.29, 1.82) is 0 Å². The number of nitrogens with zero attached hydrogens (tertiary/aromatic N) is 1. The second kappa shape index (κ2) is 9.60. The van der Waals surface area contributed by atoms with Gasteiger partial charge in [-0.2, -0.15) is 0 Å². The molecule has 2 amide bonds. The number of rotatable bonds is 7. The molecule has 0 aliphatic heterocycles. The Kier molecular flexibility index (Phi) is 6.46. The number of halogens is 1. The Hall–Kier alpha value is -3.41. The van der Waals surface area contributed by atoms with E-state index in [1.54, 1.807) is 30.3 Å². The molecule has 5 nitrogen and oxygen atoms in total. The maximum atomic E-state index is 14.9. The molecule has 0 saturated heterocycles. The molecular weight excluding hydrogens is 395 g/mol. The fourth-order valence-corrected chi connectivity index (χ4v) is 4.10. The second-order valence-electron chi connectivity index (χ2n) is 7.81. The molecule has 1 aliphatic rings. The van der Waals surface area contributed by atoms with Crippen LogP contribution in [0.2, 0.25) is 0 Å². The molecule has 0 radical (unpaired) electrons. The molecule has 0 spiro atoms. The summed E-state index contributed by atoms with van der Waals surface area (Å²) in [6.07, 6.45) is 5.29. The van der Waals surface area contributed by atoms with Crippen LogP contribution in [0.3, 0.4) is 0 Å². The highest BCUT2D eigenvalue weighted by atomic mass is 19.1. The van der Waals surface area contributed by atoms with E-state index in [2.05, 4.69) is 5.32 Å². The summed E-state index contributed by atoms with van der Waals surface area (Å²) in [7, 11) is 0. The van der Waals surface area contributed by atoms with Crippen LogP contribution in [0.1, 0.15) is 53.4 Å². The van der Waals surface area contributed by atoms with E-state index in [0.29, 0.717) is 0 Å². The van der Waals surface area contributed by atoms with Gasteiger partial charge < -0.3 is 14.6 Å². The lowest BCUT2D eigenvalue weighted by atomic mass is 10.0. The molecule has 4 rings (SSSR count). The van der Waals surface area contributed by atoms with Crippen molar-refractivity contribution in [3.05, 3.63) is 95.7 Å². The molecule has 1 heterocycles. The van der Waals surface area contributed by atoms with Crippen LogP contribution in [0.5, 0.6) is 0 Å². The first kappa shape index (κ1) is 20.8. The molecular formula is C25H25FN2O3. The molecule has 31 heavy (non-hydrogen) atoms. The lowest BCUT2D eigenvalue weighted by Crippen LogP contribution is -2.46. The van der Waals surface area contributed by atoms with Gasteiger partial charge in [0.05, 0.1) is 6.26 Å². The third kappa shape index (κ3) is 4.85. The van der Waals surface area contributed by atoms with Crippen molar-refractivity contribution in [2.24, 2.45) is 0 Å². The summed E-state index contributed by atoms with van der Waals surface area (Å²) in [5.41, 5.74) is 0.992. The molecule has 1 atom stereocenters. The average Bonchev–Trinajstić information content (AvgIpc) is 3.49. The zero-order valence-corrected chi connectivity index (χ0v) is 17.2. The van der Waals surface area contributed by atoms with Crippen LogP contribution >= 0.6 is 0 Å². The van der Waals surface area contributed by atoms with E-state index in [1.807, 2.05) is 30.3 Å². The van der Waals surface area contributed by atoms with Crippen molar-refractivity contribution in [3.8, 4) is 0 Å². The average molecular weight is 420 g/mol. The highest BCUT2D eigenvalue weighted by molar-refractivity contribution is 5.96. The Labute approximate surface area is 180 Å². The number of furan rings is 1. The van der Waals surface area contributed by atoms with Crippen molar-refractivity contribution < 1.29 is 18.4 Å². The van der Waals surface area contributed by atoms with Crippen molar-refractivity contribution in [2.45, 2.75) is 44.3 Å². The number of carbonyl (C=O) groups is 2. The lowest BCUT2D eigenvalue weighted by molar-refractivity contribution is -0.127. The van der Waals surface area contributed by atoms with Crippen molar-refractivity contribution >= 4 is 11.8 Å². The molecule has 6 heteroatoms. The molecule has 1 aliphatic carbocycles. The van der Waals surface area contributed by atoms with Crippen molar-refractivity contribution in [3.63, 3.8) is 0 Å². The van der Waals surface area contributed by atoms with Gasteiger partial charge >= 0.3 is 0 Å². The van der Waals surface area contributed by atoms with Crippen LogP contribution in [0.4, 0.5) is 4.39 Å². The van der Waals surface area contributed by atoms with E-state index in [9.17, 15) is 14.0 Å². The van der Waals surface area contributed by atoms with Crippen LogP contribution in [0.25, 0.3) is 0 Å². The first-order valence-electron chi connectivity index (χ1n) is 10.6. The van der Waals surface area contributed by atoms with Gasteiger partial charge in [-0.3, -0.25) is 9.59 Å². The molecule has 1 fully saturated rings. The third-order valence-electron chi connectivity index (χ3n) is 5.65. The van der Waals surface area contributed by atoms with Crippen LogP contribution in [0, 0.1) is 5.82 Å². The number of nitrogens with one attached hydrogen (secondary N) is 1. The summed E-state index contributed by atoms with van der Waals surface area (Å²) in [5.74, 6) is -1.28. The molecule has 0 bridgehead atoms. The minimum atomic E-state index is -1.13. The van der Waals surface area contributed by atoms with Gasteiger partial charge in [-0.15, -0.1) is 0 Å². The fourth-order valence-electron chi connectivity index (χ4n) is 4.10. The van der Waals surface area contributed by atoms with Gasteiger partial charge in [0.15, 0.2) is 5.76 Å². The Morgan fingerprint density at radius 2 is 1.71 bits per heavy atom. The largest absolute Gasteiger partial charge is 0.459 e.